The van der Waals surface area contributed by atoms with Crippen LogP contribution in [0.25, 0.3) is 0 Å². The summed E-state index contributed by atoms with van der Waals surface area (Å²) in [5, 5.41) is 31.4. The Morgan fingerprint density at radius 1 is 0.554 bits per heavy atom. The zero-order valence-electron chi connectivity index (χ0n) is 39.4. The first-order chi connectivity index (χ1) is 30.6. The normalized spacial score (nSPS) is 16.2. The van der Waals surface area contributed by atoms with Crippen LogP contribution in [0, 0.1) is 51.4 Å². The molecule has 0 radical (unpaired) electrons. The molecule has 0 bridgehead atoms. The van der Waals surface area contributed by atoms with Gasteiger partial charge in [-0.3, -0.25) is 0 Å². The summed E-state index contributed by atoms with van der Waals surface area (Å²) >= 11 is 0. The molecule has 2 fully saturated rings. The molecule has 0 spiro atoms. The van der Waals surface area contributed by atoms with Crippen molar-refractivity contribution in [3.63, 3.8) is 0 Å². The van der Waals surface area contributed by atoms with Crippen LogP contribution in [0.2, 0.25) is 0 Å². The molecule has 65 heavy (non-hydrogen) atoms. The minimum absolute atomic E-state index is 0.0866. The van der Waals surface area contributed by atoms with E-state index in [-0.39, 0.29) is 11.2 Å². The second-order valence-corrected chi connectivity index (χ2v) is 19.8. The summed E-state index contributed by atoms with van der Waals surface area (Å²) in [5.74, 6) is 12.7. The van der Waals surface area contributed by atoms with Crippen molar-refractivity contribution in [2.75, 3.05) is 0 Å². The van der Waals surface area contributed by atoms with Gasteiger partial charge in [-0.25, -0.2) is 0 Å². The molecular formula is C55H67F3O6S. The summed E-state index contributed by atoms with van der Waals surface area (Å²) in [6.07, 6.45) is 12.7. The van der Waals surface area contributed by atoms with Gasteiger partial charge in [-0.05, 0) is 174 Å². The lowest BCUT2D eigenvalue weighted by Crippen LogP contribution is -2.29. The van der Waals surface area contributed by atoms with Crippen LogP contribution >= 0.6 is 0 Å². The summed E-state index contributed by atoms with van der Waals surface area (Å²) in [4.78, 5) is 0. The zero-order valence-corrected chi connectivity index (χ0v) is 40.3. The highest BCUT2D eigenvalue weighted by Gasteiger charge is 2.49. The van der Waals surface area contributed by atoms with Gasteiger partial charge in [0.15, 0.2) is 0 Å². The summed E-state index contributed by atoms with van der Waals surface area (Å²) in [5.41, 5.74) is 1.82. The van der Waals surface area contributed by atoms with Crippen molar-refractivity contribution >= 4 is 10.1 Å². The van der Waals surface area contributed by atoms with Gasteiger partial charge in [0.05, 0.1) is 0 Å². The SMILES string of the molecule is CCC(CC)(c1ccc(C#CC2(O)CCCCC2)c(C)c1)c1ccc(OS(=O)(=O)C(F)(F)F)c(C)c1.CCC(CC)(c1ccc(O)c(C)c1)c1ccc(C#CC2(O)CCCCC2)c(C)c1. The van der Waals surface area contributed by atoms with Gasteiger partial charge in [-0.2, -0.15) is 21.6 Å². The number of hydrogen-bond acceptors (Lipinski definition) is 6. The van der Waals surface area contributed by atoms with Gasteiger partial charge in [0.2, 0.25) is 0 Å². The number of aryl methyl sites for hydroxylation is 4. The summed E-state index contributed by atoms with van der Waals surface area (Å²) in [6, 6.07) is 23.1. The van der Waals surface area contributed by atoms with Gasteiger partial charge >= 0.3 is 15.6 Å². The maximum Gasteiger partial charge on any atom is 0.534 e. The van der Waals surface area contributed by atoms with Crippen molar-refractivity contribution < 1.29 is 41.1 Å². The van der Waals surface area contributed by atoms with E-state index < -0.39 is 32.2 Å². The van der Waals surface area contributed by atoms with Crippen molar-refractivity contribution in [1.29, 1.82) is 0 Å². The fourth-order valence-corrected chi connectivity index (χ4v) is 10.2. The molecule has 350 valence electrons. The molecule has 2 saturated carbocycles. The maximum absolute atomic E-state index is 12.8. The Labute approximate surface area is 386 Å². The molecule has 3 N–H and O–H groups in total. The fourth-order valence-electron chi connectivity index (χ4n) is 9.72. The maximum atomic E-state index is 12.8. The average Bonchev–Trinajstić information content (AvgIpc) is 3.26. The Morgan fingerprint density at radius 3 is 1.25 bits per heavy atom. The molecule has 0 saturated heterocycles. The van der Waals surface area contributed by atoms with Crippen molar-refractivity contribution in [3.8, 4) is 35.2 Å². The molecule has 2 aliphatic rings. The minimum atomic E-state index is -5.74. The molecule has 0 atom stereocenters. The van der Waals surface area contributed by atoms with Crippen LogP contribution in [-0.2, 0) is 20.9 Å². The molecule has 4 aromatic rings. The molecule has 0 heterocycles. The smallest absolute Gasteiger partial charge is 0.508 e. The molecule has 6 nitrogen and oxygen atoms in total. The van der Waals surface area contributed by atoms with Gasteiger partial charge < -0.3 is 19.5 Å². The first-order valence-corrected chi connectivity index (χ1v) is 24.7. The highest BCUT2D eigenvalue weighted by Crippen LogP contribution is 2.43. The molecule has 0 aliphatic heterocycles. The summed E-state index contributed by atoms with van der Waals surface area (Å²) in [7, 11) is -5.74. The van der Waals surface area contributed by atoms with Crippen LogP contribution in [-0.4, -0.2) is 40.4 Å². The van der Waals surface area contributed by atoms with Crippen LogP contribution in [0.1, 0.15) is 173 Å². The first kappa shape index (κ1) is 51.2. The number of alkyl halides is 3. The second kappa shape index (κ2) is 20.8. The molecule has 10 heteroatoms. The lowest BCUT2D eigenvalue weighted by molar-refractivity contribution is -0.0500. The number of phenols is 1. The van der Waals surface area contributed by atoms with Crippen LogP contribution in [0.5, 0.6) is 11.5 Å². The quantitative estimate of drug-likeness (QED) is 0.0832. The van der Waals surface area contributed by atoms with Gasteiger partial charge in [0.25, 0.3) is 0 Å². The van der Waals surface area contributed by atoms with E-state index in [1.54, 1.807) is 12.1 Å². The third kappa shape index (κ3) is 11.6. The molecule has 2 aliphatic carbocycles. The second-order valence-electron chi connectivity index (χ2n) is 18.3. The molecule has 0 unspecified atom stereocenters. The Hall–Kier alpha value is -4.74. The van der Waals surface area contributed by atoms with Gasteiger partial charge in [0.1, 0.15) is 22.7 Å². The summed E-state index contributed by atoms with van der Waals surface area (Å²) < 4.78 is 65.6. The number of rotatable bonds is 10. The number of aliphatic hydroxyl groups is 2. The number of phenolic OH excluding ortho intramolecular Hbond substituents is 1. The Balaban J connectivity index is 0.000000250. The minimum Gasteiger partial charge on any atom is -0.508 e. The lowest BCUT2D eigenvalue weighted by Gasteiger charge is -2.34. The molecule has 0 amide bonds. The first-order valence-electron chi connectivity index (χ1n) is 23.3. The third-order valence-corrected chi connectivity index (χ3v) is 15.1. The van der Waals surface area contributed by atoms with Gasteiger partial charge in [-0.1, -0.05) is 113 Å². The van der Waals surface area contributed by atoms with E-state index in [9.17, 15) is 36.9 Å². The monoisotopic (exact) mass is 912 g/mol. The van der Waals surface area contributed by atoms with E-state index in [0.717, 1.165) is 96.7 Å². The predicted molar refractivity (Wildman–Crippen MR) is 255 cm³/mol. The van der Waals surface area contributed by atoms with Crippen molar-refractivity contribution in [2.24, 2.45) is 0 Å². The Bertz CT molecular complexity index is 2530. The fraction of sp³-hybridized carbons (Fsp3) is 0.491. The van der Waals surface area contributed by atoms with E-state index >= 15 is 0 Å². The topological polar surface area (TPSA) is 104 Å². The van der Waals surface area contributed by atoms with Crippen LogP contribution in [0.15, 0.2) is 72.8 Å². The Morgan fingerprint density at radius 2 is 0.908 bits per heavy atom. The van der Waals surface area contributed by atoms with Gasteiger partial charge in [0, 0.05) is 22.0 Å². The van der Waals surface area contributed by atoms with E-state index in [2.05, 4.69) is 85.0 Å². The number of benzene rings is 4. The largest absolute Gasteiger partial charge is 0.534 e. The van der Waals surface area contributed by atoms with Crippen molar-refractivity contribution in [1.82, 2.24) is 0 Å². The van der Waals surface area contributed by atoms with E-state index in [4.69, 9.17) is 0 Å². The molecule has 4 aromatic carbocycles. The standard InChI is InChI=1S/C28H33F3O4S.C27H34O2/c1-5-27(6-2,24-12-13-25(21(4)19-24)35-36(33,34)28(29,30)31)23-11-10-22(20(3)18-23)14-17-26(32)15-8-7-9-16-26;1-5-27(6-2,24-12-13-25(28)21(4)19-24)23-11-10-22(20(3)18-23)14-17-26(29)15-8-7-9-16-26/h10-13,18-19,32H,5-9,15-16H2,1-4H3;10-13,18-19,28-29H,5-9,15-16H2,1-4H3. The summed E-state index contributed by atoms with van der Waals surface area (Å²) in [6.45, 7) is 16.1. The zero-order chi connectivity index (χ0) is 47.8. The number of aromatic hydroxyl groups is 1. The molecule has 0 aromatic heterocycles. The molecular weight excluding hydrogens is 846 g/mol. The van der Waals surface area contributed by atoms with E-state index in [1.165, 1.54) is 30.5 Å². The molecule has 6 rings (SSSR count). The number of halogens is 3. The van der Waals surface area contributed by atoms with Crippen molar-refractivity contribution in [3.05, 3.63) is 128 Å². The highest BCUT2D eigenvalue weighted by atomic mass is 32.2. The number of hydrogen-bond donors (Lipinski definition) is 3. The van der Waals surface area contributed by atoms with Crippen LogP contribution in [0.4, 0.5) is 13.2 Å². The predicted octanol–water partition coefficient (Wildman–Crippen LogP) is 12.8. The average molecular weight is 913 g/mol. The van der Waals surface area contributed by atoms with Crippen LogP contribution < -0.4 is 4.18 Å². The van der Waals surface area contributed by atoms with Gasteiger partial charge in [-0.15, -0.1) is 0 Å². The Kier molecular flexibility index (Phi) is 16.4. The highest BCUT2D eigenvalue weighted by molar-refractivity contribution is 7.88. The van der Waals surface area contributed by atoms with Crippen molar-refractivity contribution in [2.45, 2.75) is 173 Å². The van der Waals surface area contributed by atoms with E-state index in [1.807, 2.05) is 45.9 Å². The lowest BCUT2D eigenvalue weighted by atomic mass is 9.70. The van der Waals surface area contributed by atoms with Crippen LogP contribution in [0.3, 0.4) is 0 Å². The van der Waals surface area contributed by atoms with E-state index in [0.29, 0.717) is 37.0 Å². The third-order valence-electron chi connectivity index (χ3n) is 14.2.